The fourth-order valence-electron chi connectivity index (χ4n) is 3.67. The van der Waals surface area contributed by atoms with E-state index in [1.54, 1.807) is 4.72 Å². The van der Waals surface area contributed by atoms with E-state index in [4.69, 9.17) is 9.47 Å². The number of nitrogens with one attached hydrogen (secondary N) is 1. The number of nitrogens with zero attached hydrogens (tertiary/aromatic N) is 5. The van der Waals surface area contributed by atoms with Crippen LogP contribution in [0.4, 0.5) is 35.4 Å². The molecule has 0 fully saturated rings. The van der Waals surface area contributed by atoms with Gasteiger partial charge < -0.3 is 14.4 Å². The number of carbonyl (C=O) groups is 1. The van der Waals surface area contributed by atoms with Crippen LogP contribution in [0.1, 0.15) is 42.6 Å². The number of rotatable bonds is 9. The zero-order chi connectivity index (χ0) is 26.7. The Hall–Kier alpha value is -2.85. The van der Waals surface area contributed by atoms with Crippen LogP contribution in [0.2, 0.25) is 0 Å². The van der Waals surface area contributed by atoms with Crippen LogP contribution in [0.25, 0.3) is 0 Å². The van der Waals surface area contributed by atoms with E-state index in [-0.39, 0.29) is 41.1 Å². The van der Waals surface area contributed by atoms with Crippen LogP contribution in [0.5, 0.6) is 0 Å². The van der Waals surface area contributed by atoms with Gasteiger partial charge in [-0.3, -0.25) is 4.72 Å². The molecule has 0 aliphatic carbocycles. The first-order chi connectivity index (χ1) is 16.8. The van der Waals surface area contributed by atoms with Gasteiger partial charge in [0.25, 0.3) is 5.13 Å². The highest BCUT2D eigenvalue weighted by Crippen LogP contribution is 2.41. The van der Waals surface area contributed by atoms with Crippen molar-refractivity contribution in [1.29, 1.82) is 0 Å². The normalized spacial score (nSPS) is 16.4. The molecule has 16 heteroatoms. The third kappa shape index (κ3) is 6.28. The number of carbonyl (C=O) groups excluding carboxylic acids is 1. The van der Waals surface area contributed by atoms with Crippen molar-refractivity contribution < 1.29 is 35.9 Å². The summed E-state index contributed by atoms with van der Waals surface area (Å²) in [5.41, 5.74) is -4.66. The van der Waals surface area contributed by atoms with Crippen molar-refractivity contribution in [2.45, 2.75) is 51.2 Å². The molecule has 0 radical (unpaired) electrons. The standard InChI is InChI=1S/C20H25F3N6O5S2/c1-11(2)29-12(3)5-6-13-9-14(15(10-16(13)29)28-36(31,32)20(21,22)23)24-26-19-27-25-17(35-19)18(30)34-8-7-33-4/h9-12,28H,5-8H2,1-4H3. The Bertz CT molecular complexity index is 1230. The van der Waals surface area contributed by atoms with Crippen molar-refractivity contribution in [1.82, 2.24) is 10.2 Å². The first-order valence-electron chi connectivity index (χ1n) is 10.8. The van der Waals surface area contributed by atoms with Gasteiger partial charge in [-0.15, -0.1) is 20.4 Å². The van der Waals surface area contributed by atoms with Gasteiger partial charge in [0.05, 0.1) is 12.3 Å². The Balaban J connectivity index is 1.98. The van der Waals surface area contributed by atoms with Gasteiger partial charge in [-0.1, -0.05) is 11.3 Å². The molecule has 1 aromatic heterocycles. The number of esters is 1. The number of aryl methyl sites for hydroxylation is 1. The predicted molar refractivity (Wildman–Crippen MR) is 127 cm³/mol. The van der Waals surface area contributed by atoms with Crippen molar-refractivity contribution in [3.05, 3.63) is 22.7 Å². The summed E-state index contributed by atoms with van der Waals surface area (Å²) in [6.45, 7) is 6.07. The second-order valence-electron chi connectivity index (χ2n) is 8.16. The molecule has 3 rings (SSSR count). The molecule has 0 saturated heterocycles. The molecule has 1 aromatic carbocycles. The first kappa shape index (κ1) is 27.7. The Labute approximate surface area is 209 Å². The third-order valence-electron chi connectivity index (χ3n) is 5.24. The summed E-state index contributed by atoms with van der Waals surface area (Å²) in [5, 5.41) is 15.0. The quantitative estimate of drug-likeness (QED) is 0.273. The highest BCUT2D eigenvalue weighted by Gasteiger charge is 2.46. The Kier molecular flexibility index (Phi) is 8.51. The van der Waals surface area contributed by atoms with Crippen LogP contribution < -0.4 is 9.62 Å². The summed E-state index contributed by atoms with van der Waals surface area (Å²) in [4.78, 5) is 14.0. The number of alkyl halides is 3. The molecule has 0 saturated carbocycles. The van der Waals surface area contributed by atoms with Crippen LogP contribution in [0.3, 0.4) is 0 Å². The maximum absolute atomic E-state index is 13.1. The largest absolute Gasteiger partial charge is 0.516 e. The van der Waals surface area contributed by atoms with Crippen molar-refractivity contribution in [3.8, 4) is 0 Å². The maximum atomic E-state index is 13.1. The van der Waals surface area contributed by atoms with Gasteiger partial charge in [-0.25, -0.2) is 4.79 Å². The van der Waals surface area contributed by atoms with E-state index in [2.05, 4.69) is 20.4 Å². The minimum absolute atomic E-state index is 0.00953. The number of fused-ring (bicyclic) bond motifs is 1. The molecule has 1 N–H and O–H groups in total. The van der Waals surface area contributed by atoms with Gasteiger partial charge in [-0.05, 0) is 51.3 Å². The third-order valence-corrected chi connectivity index (χ3v) is 7.13. The lowest BCUT2D eigenvalue weighted by atomic mass is 9.94. The SMILES string of the molecule is COCCOC(=O)c1nnc(N=Nc2cc3c(cc2NS(=O)(=O)C(F)(F)F)N(C(C)C)C(C)CC3)s1. The molecule has 198 valence electrons. The molecular weight excluding hydrogens is 525 g/mol. The lowest BCUT2D eigenvalue weighted by molar-refractivity contribution is -0.0429. The first-order valence-corrected chi connectivity index (χ1v) is 13.1. The number of hydrogen-bond acceptors (Lipinski definition) is 11. The minimum Gasteiger partial charge on any atom is -0.458 e. The molecule has 2 heterocycles. The number of anilines is 2. The minimum atomic E-state index is -5.72. The number of hydrogen-bond donors (Lipinski definition) is 1. The Morgan fingerprint density at radius 2 is 2.00 bits per heavy atom. The van der Waals surface area contributed by atoms with E-state index >= 15 is 0 Å². The molecule has 0 spiro atoms. The van der Waals surface area contributed by atoms with E-state index in [1.807, 2.05) is 25.7 Å². The maximum Gasteiger partial charge on any atom is 0.516 e. The highest BCUT2D eigenvalue weighted by atomic mass is 32.2. The summed E-state index contributed by atoms with van der Waals surface area (Å²) >= 11 is 0.750. The number of azo groups is 1. The summed E-state index contributed by atoms with van der Waals surface area (Å²) in [6.07, 6.45) is 1.41. The number of sulfonamides is 1. The molecule has 1 unspecified atom stereocenters. The van der Waals surface area contributed by atoms with Gasteiger partial charge >= 0.3 is 21.5 Å². The molecule has 2 aromatic rings. The lowest BCUT2D eigenvalue weighted by Gasteiger charge is -2.40. The van der Waals surface area contributed by atoms with Crippen LogP contribution in [-0.2, 0) is 25.9 Å². The smallest absolute Gasteiger partial charge is 0.458 e. The van der Waals surface area contributed by atoms with E-state index < -0.39 is 27.2 Å². The van der Waals surface area contributed by atoms with Crippen LogP contribution in [0, 0.1) is 0 Å². The highest BCUT2D eigenvalue weighted by molar-refractivity contribution is 7.93. The number of methoxy groups -OCH3 is 1. The van der Waals surface area contributed by atoms with E-state index in [0.29, 0.717) is 12.1 Å². The Morgan fingerprint density at radius 1 is 1.28 bits per heavy atom. The van der Waals surface area contributed by atoms with Gasteiger partial charge in [0.2, 0.25) is 5.01 Å². The topological polar surface area (TPSA) is 135 Å². The van der Waals surface area contributed by atoms with Crippen molar-refractivity contribution in [2.75, 3.05) is 29.9 Å². The lowest BCUT2D eigenvalue weighted by Crippen LogP contribution is -2.42. The molecule has 0 amide bonds. The van der Waals surface area contributed by atoms with Gasteiger partial charge in [0.15, 0.2) is 0 Å². The van der Waals surface area contributed by atoms with Crippen LogP contribution in [0.15, 0.2) is 22.4 Å². The summed E-state index contributed by atoms with van der Waals surface area (Å²) in [5.74, 6) is -0.749. The van der Waals surface area contributed by atoms with Gasteiger partial charge in [0, 0.05) is 24.9 Å². The molecule has 36 heavy (non-hydrogen) atoms. The average molecular weight is 551 g/mol. The Morgan fingerprint density at radius 3 is 2.64 bits per heavy atom. The van der Waals surface area contributed by atoms with Crippen molar-refractivity contribution in [3.63, 3.8) is 0 Å². The monoisotopic (exact) mass is 550 g/mol. The zero-order valence-electron chi connectivity index (χ0n) is 19.9. The fraction of sp³-hybridized carbons (Fsp3) is 0.550. The van der Waals surface area contributed by atoms with Gasteiger partial charge in [-0.2, -0.15) is 21.6 Å². The molecule has 1 aliphatic rings. The number of benzene rings is 1. The van der Waals surface area contributed by atoms with Crippen molar-refractivity contribution in [2.24, 2.45) is 10.2 Å². The number of aromatic nitrogens is 2. The van der Waals surface area contributed by atoms with E-state index in [1.165, 1.54) is 19.2 Å². The molecule has 11 nitrogen and oxygen atoms in total. The molecule has 1 aliphatic heterocycles. The van der Waals surface area contributed by atoms with E-state index in [9.17, 15) is 26.4 Å². The summed E-state index contributed by atoms with van der Waals surface area (Å²) in [6, 6.07) is 2.94. The summed E-state index contributed by atoms with van der Waals surface area (Å²) < 4.78 is 74.4. The second-order valence-corrected chi connectivity index (χ2v) is 10.8. The van der Waals surface area contributed by atoms with Crippen LogP contribution >= 0.6 is 11.3 Å². The molecule has 1 atom stereocenters. The molecular formula is C20H25F3N6O5S2. The summed E-state index contributed by atoms with van der Waals surface area (Å²) in [7, 11) is -4.27. The van der Waals surface area contributed by atoms with Crippen molar-refractivity contribution >= 4 is 49.5 Å². The second kappa shape index (κ2) is 11.0. The number of halogens is 3. The van der Waals surface area contributed by atoms with E-state index in [0.717, 1.165) is 23.3 Å². The average Bonchev–Trinajstić information content (AvgIpc) is 3.25. The fourth-order valence-corrected chi connectivity index (χ4v) is 4.80. The number of ether oxygens (including phenoxy) is 2. The van der Waals surface area contributed by atoms with Crippen LogP contribution in [-0.4, -0.2) is 62.5 Å². The zero-order valence-corrected chi connectivity index (χ0v) is 21.5. The van der Waals surface area contributed by atoms with Gasteiger partial charge in [0.1, 0.15) is 12.3 Å². The molecule has 0 bridgehead atoms. The predicted octanol–water partition coefficient (Wildman–Crippen LogP) is 4.57.